The van der Waals surface area contributed by atoms with Crippen molar-refractivity contribution >= 4 is 39.1 Å². The molecule has 6 heteroatoms. The standard InChI is InChI=1S/C22H28BrCl2NO2/c1-3-5-6-7-10-26-14-17-11-21(27-4-2)22(13-19(17)23)28-15-16-8-9-18(24)12-20(16)25/h8-9,11-13,26H,3-7,10,14-15H2,1-2H3. The van der Waals surface area contributed by atoms with Crippen molar-refractivity contribution in [3.05, 3.63) is 56.0 Å². The molecule has 0 heterocycles. The van der Waals surface area contributed by atoms with Crippen LogP contribution in [0.3, 0.4) is 0 Å². The molecule has 0 saturated heterocycles. The average molecular weight is 489 g/mol. The van der Waals surface area contributed by atoms with Gasteiger partial charge in [-0.2, -0.15) is 0 Å². The zero-order valence-electron chi connectivity index (χ0n) is 16.5. The predicted molar refractivity (Wildman–Crippen MR) is 122 cm³/mol. The Morgan fingerprint density at radius 1 is 0.929 bits per heavy atom. The maximum atomic E-state index is 6.24. The highest BCUT2D eigenvalue weighted by atomic mass is 79.9. The first-order chi connectivity index (χ1) is 13.5. The molecule has 0 spiro atoms. The molecule has 0 unspecified atom stereocenters. The highest BCUT2D eigenvalue weighted by Crippen LogP contribution is 2.35. The van der Waals surface area contributed by atoms with E-state index in [1.165, 1.54) is 25.7 Å². The lowest BCUT2D eigenvalue weighted by molar-refractivity contribution is 0.269. The SMILES string of the molecule is CCCCCCNCc1cc(OCC)c(OCc2ccc(Cl)cc2Cl)cc1Br. The summed E-state index contributed by atoms with van der Waals surface area (Å²) in [6, 6.07) is 9.39. The number of hydrogen-bond acceptors (Lipinski definition) is 3. The molecule has 0 atom stereocenters. The van der Waals surface area contributed by atoms with Crippen molar-refractivity contribution in [3.8, 4) is 11.5 Å². The molecule has 3 nitrogen and oxygen atoms in total. The zero-order valence-corrected chi connectivity index (χ0v) is 19.6. The van der Waals surface area contributed by atoms with Gasteiger partial charge in [0.25, 0.3) is 0 Å². The fourth-order valence-corrected chi connectivity index (χ4v) is 3.71. The molecule has 0 amide bonds. The van der Waals surface area contributed by atoms with Gasteiger partial charge in [0.1, 0.15) is 6.61 Å². The second-order valence-electron chi connectivity index (χ2n) is 6.59. The van der Waals surface area contributed by atoms with Crippen LogP contribution in [0.1, 0.15) is 50.7 Å². The Balaban J connectivity index is 2.02. The molecule has 2 rings (SSSR count). The number of unbranched alkanes of at least 4 members (excludes halogenated alkanes) is 3. The largest absolute Gasteiger partial charge is 0.490 e. The molecule has 0 aliphatic carbocycles. The van der Waals surface area contributed by atoms with Gasteiger partial charge in [0.05, 0.1) is 6.61 Å². The molecule has 0 aromatic heterocycles. The maximum absolute atomic E-state index is 6.24. The summed E-state index contributed by atoms with van der Waals surface area (Å²) in [6.07, 6.45) is 5.03. The number of halogens is 3. The van der Waals surface area contributed by atoms with Gasteiger partial charge in [-0.1, -0.05) is 71.4 Å². The Bertz CT molecular complexity index is 756. The number of nitrogens with one attached hydrogen (secondary N) is 1. The predicted octanol–water partition coefficient (Wildman–Crippen LogP) is 7.40. The summed E-state index contributed by atoms with van der Waals surface area (Å²) >= 11 is 15.9. The molecule has 0 saturated carbocycles. The van der Waals surface area contributed by atoms with Gasteiger partial charge in [0.15, 0.2) is 11.5 Å². The van der Waals surface area contributed by atoms with Crippen molar-refractivity contribution < 1.29 is 9.47 Å². The Morgan fingerprint density at radius 2 is 1.71 bits per heavy atom. The van der Waals surface area contributed by atoms with Crippen LogP contribution in [0.2, 0.25) is 10.0 Å². The number of ether oxygens (including phenoxy) is 2. The van der Waals surface area contributed by atoms with Gasteiger partial charge in [-0.25, -0.2) is 0 Å². The molecule has 0 aliphatic rings. The molecule has 2 aromatic carbocycles. The van der Waals surface area contributed by atoms with Crippen LogP contribution in [0.25, 0.3) is 0 Å². The fourth-order valence-electron chi connectivity index (χ4n) is 2.79. The molecule has 154 valence electrons. The quantitative estimate of drug-likeness (QED) is 0.315. The maximum Gasteiger partial charge on any atom is 0.162 e. The van der Waals surface area contributed by atoms with Gasteiger partial charge >= 0.3 is 0 Å². The minimum Gasteiger partial charge on any atom is -0.490 e. The van der Waals surface area contributed by atoms with Crippen LogP contribution in [-0.4, -0.2) is 13.2 Å². The third kappa shape index (κ3) is 7.47. The summed E-state index contributed by atoms with van der Waals surface area (Å²) in [5.41, 5.74) is 2.03. The highest BCUT2D eigenvalue weighted by Gasteiger charge is 2.12. The van der Waals surface area contributed by atoms with Gasteiger partial charge in [-0.05, 0) is 49.7 Å². The monoisotopic (exact) mass is 487 g/mol. The number of rotatable bonds is 12. The Morgan fingerprint density at radius 3 is 2.43 bits per heavy atom. The smallest absolute Gasteiger partial charge is 0.162 e. The van der Waals surface area contributed by atoms with Crippen molar-refractivity contribution in [1.82, 2.24) is 5.32 Å². The van der Waals surface area contributed by atoms with Crippen molar-refractivity contribution in [2.24, 2.45) is 0 Å². The van der Waals surface area contributed by atoms with E-state index in [0.717, 1.165) is 34.4 Å². The summed E-state index contributed by atoms with van der Waals surface area (Å²) in [6.45, 7) is 6.92. The topological polar surface area (TPSA) is 30.5 Å². The van der Waals surface area contributed by atoms with Crippen LogP contribution in [0.5, 0.6) is 11.5 Å². The molecule has 0 bridgehead atoms. The van der Waals surface area contributed by atoms with E-state index in [1.807, 2.05) is 25.1 Å². The van der Waals surface area contributed by atoms with Gasteiger partial charge in [0.2, 0.25) is 0 Å². The van der Waals surface area contributed by atoms with Gasteiger partial charge in [-0.3, -0.25) is 0 Å². The van der Waals surface area contributed by atoms with Crippen molar-refractivity contribution in [2.75, 3.05) is 13.2 Å². The molecule has 28 heavy (non-hydrogen) atoms. The third-order valence-electron chi connectivity index (χ3n) is 4.33. The number of benzene rings is 2. The minimum absolute atomic E-state index is 0.345. The van der Waals surface area contributed by atoms with E-state index in [9.17, 15) is 0 Å². The van der Waals surface area contributed by atoms with E-state index < -0.39 is 0 Å². The van der Waals surface area contributed by atoms with E-state index in [-0.39, 0.29) is 0 Å². The minimum atomic E-state index is 0.345. The van der Waals surface area contributed by atoms with E-state index in [4.69, 9.17) is 32.7 Å². The zero-order chi connectivity index (χ0) is 20.4. The Kier molecular flexibility index (Phi) is 10.5. The highest BCUT2D eigenvalue weighted by molar-refractivity contribution is 9.10. The first-order valence-electron chi connectivity index (χ1n) is 9.77. The fraction of sp³-hybridized carbons (Fsp3) is 0.455. The normalized spacial score (nSPS) is 10.9. The molecule has 1 N–H and O–H groups in total. The second kappa shape index (κ2) is 12.6. The van der Waals surface area contributed by atoms with Gasteiger partial charge in [0, 0.05) is 26.6 Å². The molecule has 2 aromatic rings. The van der Waals surface area contributed by atoms with E-state index in [1.54, 1.807) is 12.1 Å². The van der Waals surface area contributed by atoms with Gasteiger partial charge in [-0.15, -0.1) is 0 Å². The summed E-state index contributed by atoms with van der Waals surface area (Å²) in [7, 11) is 0. The Labute approximate surface area is 186 Å². The van der Waals surface area contributed by atoms with Crippen molar-refractivity contribution in [3.63, 3.8) is 0 Å². The van der Waals surface area contributed by atoms with Crippen LogP contribution in [-0.2, 0) is 13.2 Å². The van der Waals surface area contributed by atoms with E-state index in [0.29, 0.717) is 29.0 Å². The molecule has 0 radical (unpaired) electrons. The summed E-state index contributed by atoms with van der Waals surface area (Å²) in [5, 5.41) is 4.70. The lowest BCUT2D eigenvalue weighted by Crippen LogP contribution is -2.15. The van der Waals surface area contributed by atoms with E-state index >= 15 is 0 Å². The van der Waals surface area contributed by atoms with Crippen LogP contribution >= 0.6 is 39.1 Å². The first kappa shape index (κ1) is 23.3. The summed E-state index contributed by atoms with van der Waals surface area (Å²) < 4.78 is 12.8. The number of hydrogen-bond donors (Lipinski definition) is 1. The Hall–Kier alpha value is -0.940. The van der Waals surface area contributed by atoms with Crippen LogP contribution in [0, 0.1) is 0 Å². The third-order valence-corrected chi connectivity index (χ3v) is 5.66. The molecule has 0 fully saturated rings. The van der Waals surface area contributed by atoms with E-state index in [2.05, 4.69) is 28.2 Å². The van der Waals surface area contributed by atoms with Crippen LogP contribution < -0.4 is 14.8 Å². The van der Waals surface area contributed by atoms with Crippen LogP contribution in [0.15, 0.2) is 34.8 Å². The lowest BCUT2D eigenvalue weighted by Gasteiger charge is -2.16. The van der Waals surface area contributed by atoms with Crippen LogP contribution in [0.4, 0.5) is 0 Å². The molecular weight excluding hydrogens is 461 g/mol. The molecule has 0 aliphatic heterocycles. The first-order valence-corrected chi connectivity index (χ1v) is 11.3. The van der Waals surface area contributed by atoms with Crippen molar-refractivity contribution in [2.45, 2.75) is 52.7 Å². The van der Waals surface area contributed by atoms with Gasteiger partial charge < -0.3 is 14.8 Å². The second-order valence-corrected chi connectivity index (χ2v) is 8.28. The lowest BCUT2D eigenvalue weighted by atomic mass is 10.1. The molecular formula is C22H28BrCl2NO2. The average Bonchev–Trinajstić information content (AvgIpc) is 2.66. The summed E-state index contributed by atoms with van der Waals surface area (Å²) in [5.74, 6) is 1.42. The summed E-state index contributed by atoms with van der Waals surface area (Å²) in [4.78, 5) is 0. The van der Waals surface area contributed by atoms with Crippen molar-refractivity contribution in [1.29, 1.82) is 0 Å².